The average molecular weight is 705 g/mol. The van der Waals surface area contributed by atoms with Crippen molar-refractivity contribution >= 4 is 68.1 Å². The molecule has 13 heteroatoms. The molecule has 4 heterocycles. The largest absolute Gasteiger partial charge is 0.494 e. The van der Waals surface area contributed by atoms with Crippen molar-refractivity contribution in [1.29, 1.82) is 0 Å². The number of aromatic nitrogens is 5. The Balaban J connectivity index is 1.36. The number of nitrogens with one attached hydrogen (secondary N) is 2. The monoisotopic (exact) mass is 703 g/mol. The summed E-state index contributed by atoms with van der Waals surface area (Å²) in [6.45, 7) is 5.41. The van der Waals surface area contributed by atoms with Crippen molar-refractivity contribution in [3.8, 4) is 17.0 Å². The van der Waals surface area contributed by atoms with Crippen LogP contribution in [0.15, 0.2) is 65.8 Å². The van der Waals surface area contributed by atoms with Gasteiger partial charge in [0, 0.05) is 60.9 Å². The summed E-state index contributed by atoms with van der Waals surface area (Å²) in [4.78, 5) is 23.4. The van der Waals surface area contributed by atoms with E-state index in [1.54, 1.807) is 32.8 Å². The van der Waals surface area contributed by atoms with Crippen molar-refractivity contribution in [1.82, 2.24) is 29.4 Å². The zero-order chi connectivity index (χ0) is 32.6. The second-order valence-corrected chi connectivity index (χ2v) is 16.2. The van der Waals surface area contributed by atoms with Gasteiger partial charge in [0.1, 0.15) is 18.7 Å². The molecule has 46 heavy (non-hydrogen) atoms. The molecule has 5 aromatic rings. The van der Waals surface area contributed by atoms with Gasteiger partial charge in [-0.2, -0.15) is 4.98 Å². The lowest BCUT2D eigenvalue weighted by atomic mass is 10.0. The number of nitrogens with zero attached hydrogens (tertiary/aromatic N) is 7. The minimum atomic E-state index is -2.70. The van der Waals surface area contributed by atoms with E-state index in [4.69, 9.17) is 14.7 Å². The number of imidazole rings is 1. The van der Waals surface area contributed by atoms with E-state index < -0.39 is 7.14 Å². The highest BCUT2D eigenvalue weighted by atomic mass is 79.9. The molecular weight excluding hydrogens is 665 g/mol. The Bertz CT molecular complexity index is 1930. The van der Waals surface area contributed by atoms with E-state index in [1.807, 2.05) is 48.4 Å². The first kappa shape index (κ1) is 32.0. The Morgan fingerprint density at radius 3 is 2.46 bits per heavy atom. The van der Waals surface area contributed by atoms with Gasteiger partial charge in [-0.05, 0) is 68.3 Å². The van der Waals surface area contributed by atoms with E-state index in [-0.39, 0.29) is 0 Å². The maximum absolute atomic E-state index is 13.5. The van der Waals surface area contributed by atoms with Crippen LogP contribution in [-0.2, 0) is 11.6 Å². The number of halogens is 1. The molecule has 1 aliphatic rings. The summed E-state index contributed by atoms with van der Waals surface area (Å²) in [6.07, 6.45) is 9.39. The lowest BCUT2D eigenvalue weighted by Gasteiger charge is -2.37. The second-order valence-electron chi connectivity index (χ2n) is 12.2. The molecule has 0 spiro atoms. The number of piperidine rings is 1. The molecule has 3 aromatic heterocycles. The summed E-state index contributed by atoms with van der Waals surface area (Å²) in [7, 11) is 5.24. The Morgan fingerprint density at radius 1 is 1.02 bits per heavy atom. The van der Waals surface area contributed by atoms with E-state index in [0.717, 1.165) is 59.1 Å². The third-order valence-corrected chi connectivity index (χ3v) is 10.5. The van der Waals surface area contributed by atoms with E-state index in [1.165, 1.54) is 0 Å². The molecule has 0 unspecified atom stereocenters. The van der Waals surface area contributed by atoms with Gasteiger partial charge < -0.3 is 34.3 Å². The van der Waals surface area contributed by atoms with Crippen LogP contribution in [-0.4, -0.2) is 83.1 Å². The number of benzene rings is 2. The van der Waals surface area contributed by atoms with Crippen LogP contribution in [0.2, 0.25) is 0 Å². The minimum Gasteiger partial charge on any atom is -0.494 e. The maximum atomic E-state index is 13.5. The van der Waals surface area contributed by atoms with Gasteiger partial charge >= 0.3 is 0 Å². The van der Waals surface area contributed by atoms with Crippen LogP contribution in [0.1, 0.15) is 12.8 Å². The predicted octanol–water partition coefficient (Wildman–Crippen LogP) is 6.46. The van der Waals surface area contributed by atoms with Gasteiger partial charge in [0.05, 0.1) is 52.4 Å². The summed E-state index contributed by atoms with van der Waals surface area (Å²) in [5.74, 6) is 1.54. The Kier molecular flexibility index (Phi) is 9.05. The molecule has 0 amide bonds. The van der Waals surface area contributed by atoms with Crippen LogP contribution < -0.4 is 25.6 Å². The quantitative estimate of drug-likeness (QED) is 0.166. The smallest absolute Gasteiger partial charge is 0.229 e. The van der Waals surface area contributed by atoms with Crippen molar-refractivity contribution in [2.75, 3.05) is 63.2 Å². The fraction of sp³-hybridized carbons (Fsp3) is 0.333. The zero-order valence-electron chi connectivity index (χ0n) is 27.0. The molecule has 0 aliphatic carbocycles. The number of hydrogen-bond donors (Lipinski definition) is 2. The van der Waals surface area contributed by atoms with Crippen LogP contribution in [0.5, 0.6) is 5.75 Å². The standard InChI is InChI=1S/C33H39BrN9O2P/c1-41(2)21-11-13-43(14-12-21)29-16-30(45-4)26(15-23(29)28-19-42(3)20-37-28)39-33-36-17-24(34)32(40-33)38-27-18-35-25-10-8-7-9-22(25)31(27)46(5,6)44/h7-10,15-21H,11-14H2,1-6H3,(H2,36,38,39,40). The molecule has 0 atom stereocenters. The first-order chi connectivity index (χ1) is 22.0. The van der Waals surface area contributed by atoms with Crippen LogP contribution in [0.4, 0.5) is 28.8 Å². The average Bonchev–Trinajstić information content (AvgIpc) is 3.47. The van der Waals surface area contributed by atoms with Crippen LogP contribution in [0.3, 0.4) is 0 Å². The van der Waals surface area contributed by atoms with E-state index in [0.29, 0.717) is 39.4 Å². The number of rotatable bonds is 9. The minimum absolute atomic E-state index is 0.363. The van der Waals surface area contributed by atoms with Crippen LogP contribution >= 0.6 is 23.1 Å². The van der Waals surface area contributed by atoms with Crippen molar-refractivity contribution in [3.05, 3.63) is 65.8 Å². The summed E-state index contributed by atoms with van der Waals surface area (Å²) < 4.78 is 22.0. The zero-order valence-corrected chi connectivity index (χ0v) is 29.4. The molecular formula is C33H39BrN9O2P. The molecule has 0 bridgehead atoms. The van der Waals surface area contributed by atoms with Crippen molar-refractivity contribution in [2.24, 2.45) is 7.05 Å². The predicted molar refractivity (Wildman–Crippen MR) is 191 cm³/mol. The molecule has 240 valence electrons. The number of anilines is 5. The molecule has 2 aromatic carbocycles. The van der Waals surface area contributed by atoms with Crippen molar-refractivity contribution in [3.63, 3.8) is 0 Å². The third-order valence-electron chi connectivity index (χ3n) is 8.36. The first-order valence-corrected chi connectivity index (χ1v) is 18.5. The SMILES string of the molecule is COc1cc(N2CCC(N(C)C)CC2)c(-c2cn(C)cn2)cc1Nc1ncc(Br)c(Nc2cnc3ccccc3c2P(C)(C)=O)n1. The Hall–Kier alpha value is -3.99. The van der Waals surface area contributed by atoms with Crippen LogP contribution in [0.25, 0.3) is 22.2 Å². The van der Waals surface area contributed by atoms with Gasteiger partial charge in [-0.25, -0.2) is 9.97 Å². The molecule has 0 radical (unpaired) electrons. The number of fused-ring (bicyclic) bond motifs is 1. The fourth-order valence-electron chi connectivity index (χ4n) is 6.04. The number of pyridine rings is 1. The highest BCUT2D eigenvalue weighted by molar-refractivity contribution is 9.10. The number of hydrogen-bond acceptors (Lipinski definition) is 10. The van der Waals surface area contributed by atoms with Gasteiger partial charge in [-0.15, -0.1) is 0 Å². The highest BCUT2D eigenvalue weighted by Gasteiger charge is 2.26. The molecule has 0 saturated carbocycles. The highest BCUT2D eigenvalue weighted by Crippen LogP contribution is 2.43. The number of aryl methyl sites for hydroxylation is 1. The first-order valence-electron chi connectivity index (χ1n) is 15.1. The summed E-state index contributed by atoms with van der Waals surface area (Å²) in [5, 5.41) is 8.33. The normalized spacial score (nSPS) is 14.2. The van der Waals surface area contributed by atoms with Gasteiger partial charge in [0.2, 0.25) is 5.95 Å². The number of methoxy groups -OCH3 is 1. The van der Waals surface area contributed by atoms with Crippen molar-refractivity contribution in [2.45, 2.75) is 18.9 Å². The third kappa shape index (κ3) is 6.61. The van der Waals surface area contributed by atoms with Crippen LogP contribution in [0, 0.1) is 0 Å². The molecule has 6 rings (SSSR count). The molecule has 11 nitrogen and oxygen atoms in total. The molecule has 1 fully saturated rings. The summed E-state index contributed by atoms with van der Waals surface area (Å²) in [5.41, 5.74) is 5.08. The topological polar surface area (TPSA) is 113 Å². The lowest BCUT2D eigenvalue weighted by Crippen LogP contribution is -2.42. The number of para-hydroxylation sites is 1. The number of ether oxygens (including phenoxy) is 1. The van der Waals surface area contributed by atoms with Gasteiger partial charge in [-0.3, -0.25) is 4.98 Å². The molecule has 2 N–H and O–H groups in total. The van der Waals surface area contributed by atoms with Gasteiger partial charge in [-0.1, -0.05) is 18.2 Å². The van der Waals surface area contributed by atoms with Gasteiger partial charge in [0.15, 0.2) is 0 Å². The fourth-order valence-corrected chi connectivity index (χ4v) is 7.79. The van der Waals surface area contributed by atoms with E-state index in [2.05, 4.69) is 72.6 Å². The van der Waals surface area contributed by atoms with E-state index in [9.17, 15) is 4.57 Å². The lowest BCUT2D eigenvalue weighted by molar-refractivity contribution is 0.249. The Morgan fingerprint density at radius 2 is 1.78 bits per heavy atom. The maximum Gasteiger partial charge on any atom is 0.229 e. The molecule has 1 aliphatic heterocycles. The second kappa shape index (κ2) is 13.0. The van der Waals surface area contributed by atoms with E-state index >= 15 is 0 Å². The molecule has 1 saturated heterocycles. The summed E-state index contributed by atoms with van der Waals surface area (Å²) >= 11 is 3.59. The Labute approximate surface area is 277 Å². The summed E-state index contributed by atoms with van der Waals surface area (Å²) in [6, 6.07) is 12.4. The van der Waals surface area contributed by atoms with Crippen molar-refractivity contribution < 1.29 is 9.30 Å². The van der Waals surface area contributed by atoms with Gasteiger partial charge in [0.25, 0.3) is 0 Å².